The van der Waals surface area contributed by atoms with Gasteiger partial charge in [-0.1, -0.05) is 11.6 Å². The van der Waals surface area contributed by atoms with Crippen molar-refractivity contribution in [2.45, 2.75) is 25.4 Å². The number of benzene rings is 1. The molecule has 0 atom stereocenters. The SMILES string of the molecule is Fc1cc(Cl)c(-c2ccc(CNC3CC3)o2)cc1F. The first-order valence-corrected chi connectivity index (χ1v) is 6.48. The van der Waals surface area contributed by atoms with Gasteiger partial charge >= 0.3 is 0 Å². The van der Waals surface area contributed by atoms with Crippen LogP contribution in [0, 0.1) is 11.6 Å². The molecule has 5 heteroatoms. The zero-order valence-corrected chi connectivity index (χ0v) is 10.8. The minimum absolute atomic E-state index is 0.134. The van der Waals surface area contributed by atoms with Crippen LogP contribution in [-0.2, 0) is 6.54 Å². The van der Waals surface area contributed by atoms with Gasteiger partial charge in [-0.25, -0.2) is 8.78 Å². The summed E-state index contributed by atoms with van der Waals surface area (Å²) in [6.45, 7) is 0.631. The fourth-order valence-electron chi connectivity index (χ4n) is 1.86. The third-order valence-corrected chi connectivity index (χ3v) is 3.39. The quantitative estimate of drug-likeness (QED) is 0.854. The number of halogens is 3. The molecule has 0 amide bonds. The average molecular weight is 284 g/mol. The molecule has 2 nitrogen and oxygen atoms in total. The van der Waals surface area contributed by atoms with E-state index in [4.69, 9.17) is 16.0 Å². The molecule has 1 heterocycles. The number of hydrogen-bond donors (Lipinski definition) is 1. The highest BCUT2D eigenvalue weighted by Gasteiger charge is 2.21. The van der Waals surface area contributed by atoms with Crippen molar-refractivity contribution in [2.24, 2.45) is 0 Å². The second kappa shape index (κ2) is 4.94. The lowest BCUT2D eigenvalue weighted by atomic mass is 10.1. The van der Waals surface area contributed by atoms with Gasteiger partial charge in [-0.15, -0.1) is 0 Å². The molecule has 1 aliphatic rings. The van der Waals surface area contributed by atoms with Crippen LogP contribution in [0.2, 0.25) is 5.02 Å². The Morgan fingerprint density at radius 3 is 2.68 bits per heavy atom. The molecular weight excluding hydrogens is 272 g/mol. The van der Waals surface area contributed by atoms with Gasteiger partial charge in [0.2, 0.25) is 0 Å². The maximum absolute atomic E-state index is 13.2. The van der Waals surface area contributed by atoms with E-state index in [1.54, 1.807) is 6.07 Å². The van der Waals surface area contributed by atoms with Crippen LogP contribution in [0.1, 0.15) is 18.6 Å². The van der Waals surface area contributed by atoms with E-state index in [0.29, 0.717) is 23.9 Å². The largest absolute Gasteiger partial charge is 0.460 e. The number of nitrogens with one attached hydrogen (secondary N) is 1. The Hall–Kier alpha value is -1.39. The number of hydrogen-bond acceptors (Lipinski definition) is 2. The molecule has 19 heavy (non-hydrogen) atoms. The highest BCUT2D eigenvalue weighted by molar-refractivity contribution is 6.33. The summed E-state index contributed by atoms with van der Waals surface area (Å²) >= 11 is 5.90. The van der Waals surface area contributed by atoms with Crippen molar-refractivity contribution in [2.75, 3.05) is 0 Å². The minimum atomic E-state index is -0.962. The van der Waals surface area contributed by atoms with Crippen molar-refractivity contribution in [3.8, 4) is 11.3 Å². The standard InChI is InChI=1S/C14H12ClF2NO/c15-11-6-13(17)12(16)5-10(11)14-4-3-9(19-14)7-18-8-1-2-8/h3-6,8,18H,1-2,7H2. The first-order chi connectivity index (χ1) is 9.13. The first-order valence-electron chi connectivity index (χ1n) is 6.10. The molecule has 0 aliphatic heterocycles. The van der Waals surface area contributed by atoms with Gasteiger partial charge in [0, 0.05) is 11.6 Å². The van der Waals surface area contributed by atoms with Crippen LogP contribution in [0.25, 0.3) is 11.3 Å². The van der Waals surface area contributed by atoms with Crippen molar-refractivity contribution in [3.05, 3.63) is 46.7 Å². The molecule has 0 bridgehead atoms. The molecular formula is C14H12ClF2NO. The molecule has 1 saturated carbocycles. The van der Waals surface area contributed by atoms with Crippen LogP contribution in [0.4, 0.5) is 8.78 Å². The van der Waals surface area contributed by atoms with Crippen LogP contribution in [0.15, 0.2) is 28.7 Å². The summed E-state index contributed by atoms with van der Waals surface area (Å²) in [7, 11) is 0. The zero-order valence-electron chi connectivity index (χ0n) is 10.1. The maximum Gasteiger partial charge on any atom is 0.160 e. The van der Waals surface area contributed by atoms with Gasteiger partial charge < -0.3 is 9.73 Å². The lowest BCUT2D eigenvalue weighted by molar-refractivity contribution is 0.489. The molecule has 3 rings (SSSR count). The molecule has 0 radical (unpaired) electrons. The molecule has 1 aromatic carbocycles. The average Bonchev–Trinajstić information content (AvgIpc) is 3.09. The number of furan rings is 1. The lowest BCUT2D eigenvalue weighted by Crippen LogP contribution is -2.14. The van der Waals surface area contributed by atoms with Gasteiger partial charge in [-0.3, -0.25) is 0 Å². The van der Waals surface area contributed by atoms with E-state index in [9.17, 15) is 8.78 Å². The van der Waals surface area contributed by atoms with Gasteiger partial charge in [-0.2, -0.15) is 0 Å². The Morgan fingerprint density at radius 1 is 1.21 bits per heavy atom. The molecule has 100 valence electrons. The lowest BCUT2D eigenvalue weighted by Gasteiger charge is -2.03. The van der Waals surface area contributed by atoms with Crippen molar-refractivity contribution < 1.29 is 13.2 Å². The minimum Gasteiger partial charge on any atom is -0.460 e. The van der Waals surface area contributed by atoms with Crippen LogP contribution >= 0.6 is 11.6 Å². The van der Waals surface area contributed by atoms with Crippen molar-refractivity contribution >= 4 is 11.6 Å². The smallest absolute Gasteiger partial charge is 0.160 e. The fraction of sp³-hybridized carbons (Fsp3) is 0.286. The second-order valence-electron chi connectivity index (χ2n) is 4.67. The monoisotopic (exact) mass is 283 g/mol. The van der Waals surface area contributed by atoms with Crippen LogP contribution in [-0.4, -0.2) is 6.04 Å². The van der Waals surface area contributed by atoms with Crippen LogP contribution in [0.3, 0.4) is 0 Å². The molecule has 2 aromatic rings. The highest BCUT2D eigenvalue weighted by Crippen LogP contribution is 2.31. The predicted molar refractivity (Wildman–Crippen MR) is 68.9 cm³/mol. The van der Waals surface area contributed by atoms with Crippen molar-refractivity contribution in [1.29, 1.82) is 0 Å². The van der Waals surface area contributed by atoms with Gasteiger partial charge in [0.1, 0.15) is 11.5 Å². The fourth-order valence-corrected chi connectivity index (χ4v) is 2.10. The Balaban J connectivity index is 1.83. The van der Waals surface area contributed by atoms with Gasteiger partial charge in [-0.05, 0) is 37.1 Å². The molecule has 0 saturated heterocycles. The Kier molecular flexibility index (Phi) is 3.29. The topological polar surface area (TPSA) is 25.2 Å². The van der Waals surface area contributed by atoms with Gasteiger partial charge in [0.15, 0.2) is 11.6 Å². The van der Waals surface area contributed by atoms with E-state index in [1.165, 1.54) is 12.8 Å². The molecule has 1 N–H and O–H groups in total. The van der Waals surface area contributed by atoms with Crippen molar-refractivity contribution in [1.82, 2.24) is 5.32 Å². The van der Waals surface area contributed by atoms with E-state index in [0.717, 1.165) is 17.9 Å². The van der Waals surface area contributed by atoms with Gasteiger partial charge in [0.25, 0.3) is 0 Å². The molecule has 0 unspecified atom stereocenters. The van der Waals surface area contributed by atoms with Crippen molar-refractivity contribution in [3.63, 3.8) is 0 Å². The molecule has 0 spiro atoms. The van der Waals surface area contributed by atoms with E-state index in [-0.39, 0.29) is 5.02 Å². The summed E-state index contributed by atoms with van der Waals surface area (Å²) in [6.07, 6.45) is 2.39. The van der Waals surface area contributed by atoms with E-state index in [2.05, 4.69) is 5.32 Å². The first kappa shape index (κ1) is 12.6. The molecule has 1 aromatic heterocycles. The summed E-state index contributed by atoms with van der Waals surface area (Å²) in [5.41, 5.74) is 0.359. The Morgan fingerprint density at radius 2 is 1.95 bits per heavy atom. The van der Waals surface area contributed by atoms with Gasteiger partial charge in [0.05, 0.1) is 11.6 Å². The van der Waals surface area contributed by atoms with E-state index < -0.39 is 11.6 Å². The normalized spacial score (nSPS) is 14.9. The summed E-state index contributed by atoms with van der Waals surface area (Å²) in [6, 6.07) is 6.11. The summed E-state index contributed by atoms with van der Waals surface area (Å²) in [4.78, 5) is 0. The van der Waals surface area contributed by atoms with Crippen LogP contribution < -0.4 is 5.32 Å². The highest BCUT2D eigenvalue weighted by atomic mass is 35.5. The summed E-state index contributed by atoms with van der Waals surface area (Å²) < 4.78 is 31.8. The van der Waals surface area contributed by atoms with E-state index >= 15 is 0 Å². The summed E-state index contributed by atoms with van der Waals surface area (Å²) in [5.74, 6) is -0.705. The Labute approximate surface area is 114 Å². The predicted octanol–water partition coefficient (Wildman–Crippen LogP) is 4.13. The maximum atomic E-state index is 13.2. The molecule has 1 fully saturated rings. The zero-order chi connectivity index (χ0) is 13.4. The van der Waals surface area contributed by atoms with Crippen LogP contribution in [0.5, 0.6) is 0 Å². The molecule has 1 aliphatic carbocycles. The number of rotatable bonds is 4. The Bertz CT molecular complexity index is 607. The third kappa shape index (κ3) is 2.80. The summed E-state index contributed by atoms with van der Waals surface area (Å²) in [5, 5.41) is 3.45. The third-order valence-electron chi connectivity index (χ3n) is 3.08. The van der Waals surface area contributed by atoms with E-state index in [1.807, 2.05) is 6.07 Å². The second-order valence-corrected chi connectivity index (χ2v) is 5.07.